The van der Waals surface area contributed by atoms with Crippen LogP contribution in [0, 0.1) is 0 Å². The lowest BCUT2D eigenvalue weighted by Crippen LogP contribution is -2.14. The van der Waals surface area contributed by atoms with E-state index in [1.807, 2.05) is 12.1 Å². The second kappa shape index (κ2) is 5.65. The molecule has 0 aliphatic heterocycles. The third-order valence-corrected chi connectivity index (χ3v) is 2.00. The van der Waals surface area contributed by atoms with Crippen LogP contribution in [0.4, 0.5) is 0 Å². The van der Waals surface area contributed by atoms with E-state index in [0.29, 0.717) is 12.4 Å². The van der Waals surface area contributed by atoms with Crippen LogP contribution in [-0.4, -0.2) is 19.2 Å². The molecule has 0 aliphatic rings. The minimum Gasteiger partial charge on any atom is -0.482 e. The Labute approximate surface area is 91.1 Å². The van der Waals surface area contributed by atoms with Crippen molar-refractivity contribution in [2.45, 2.75) is 6.92 Å². The Hall–Kier alpha value is -1.03. The first-order valence-corrected chi connectivity index (χ1v) is 5.05. The molecule has 1 aromatic carbocycles. The van der Waals surface area contributed by atoms with Crippen molar-refractivity contribution in [3.05, 3.63) is 28.7 Å². The van der Waals surface area contributed by atoms with Gasteiger partial charge in [-0.1, -0.05) is 15.9 Å². The summed E-state index contributed by atoms with van der Waals surface area (Å²) in [6.45, 7) is 2.09. The summed E-state index contributed by atoms with van der Waals surface area (Å²) in [5.41, 5.74) is 0. The van der Waals surface area contributed by atoms with Crippen LogP contribution < -0.4 is 4.74 Å². The monoisotopic (exact) mass is 258 g/mol. The van der Waals surface area contributed by atoms with E-state index < -0.39 is 0 Å². The molecule has 0 radical (unpaired) electrons. The van der Waals surface area contributed by atoms with E-state index in [4.69, 9.17) is 9.47 Å². The predicted molar refractivity (Wildman–Crippen MR) is 56.3 cm³/mol. The highest BCUT2D eigenvalue weighted by Crippen LogP contribution is 2.15. The zero-order chi connectivity index (χ0) is 10.4. The second-order valence-corrected chi connectivity index (χ2v) is 3.46. The number of hydrogen-bond donors (Lipinski definition) is 0. The molecule has 0 unspecified atom stereocenters. The average molecular weight is 259 g/mol. The molecule has 1 rings (SSSR count). The Balaban J connectivity index is 2.38. The first kappa shape index (κ1) is 11.0. The van der Waals surface area contributed by atoms with Gasteiger partial charge in [0.25, 0.3) is 0 Å². The Bertz CT molecular complexity index is 295. The van der Waals surface area contributed by atoms with Gasteiger partial charge in [-0.15, -0.1) is 0 Å². The molecule has 14 heavy (non-hydrogen) atoms. The topological polar surface area (TPSA) is 35.5 Å². The number of rotatable bonds is 4. The van der Waals surface area contributed by atoms with E-state index in [2.05, 4.69) is 15.9 Å². The van der Waals surface area contributed by atoms with Crippen molar-refractivity contribution in [3.63, 3.8) is 0 Å². The molecule has 0 bridgehead atoms. The number of hydrogen-bond acceptors (Lipinski definition) is 3. The molecule has 0 aromatic heterocycles. The van der Waals surface area contributed by atoms with Gasteiger partial charge in [-0.25, -0.2) is 4.79 Å². The number of carbonyl (C=O) groups is 1. The highest BCUT2D eigenvalue weighted by atomic mass is 79.9. The maximum atomic E-state index is 10.9. The fraction of sp³-hybridized carbons (Fsp3) is 0.300. The smallest absolute Gasteiger partial charge is 0.344 e. The molecule has 76 valence electrons. The number of ether oxygens (including phenoxy) is 2. The molecular weight excluding hydrogens is 248 g/mol. The molecule has 0 aliphatic carbocycles. The molecule has 0 atom stereocenters. The molecule has 0 N–H and O–H groups in total. The Morgan fingerprint density at radius 1 is 1.36 bits per heavy atom. The molecule has 0 spiro atoms. The van der Waals surface area contributed by atoms with E-state index in [9.17, 15) is 4.79 Å². The summed E-state index contributed by atoms with van der Waals surface area (Å²) in [6, 6.07) is 7.26. The van der Waals surface area contributed by atoms with Gasteiger partial charge in [0.15, 0.2) is 6.61 Å². The first-order valence-electron chi connectivity index (χ1n) is 4.26. The van der Waals surface area contributed by atoms with Gasteiger partial charge >= 0.3 is 5.97 Å². The van der Waals surface area contributed by atoms with Crippen LogP contribution in [0.3, 0.4) is 0 Å². The van der Waals surface area contributed by atoms with E-state index in [-0.39, 0.29) is 12.6 Å². The van der Waals surface area contributed by atoms with Gasteiger partial charge in [0, 0.05) is 4.47 Å². The van der Waals surface area contributed by atoms with Crippen LogP contribution in [0.5, 0.6) is 5.75 Å². The van der Waals surface area contributed by atoms with Crippen molar-refractivity contribution in [1.29, 1.82) is 0 Å². The highest BCUT2D eigenvalue weighted by Gasteiger charge is 2.02. The average Bonchev–Trinajstić information content (AvgIpc) is 2.17. The standard InChI is InChI=1S/C10H11BrO3/c1-2-13-10(12)7-14-9-5-3-8(11)4-6-9/h3-6H,2,7H2,1H3. The second-order valence-electron chi connectivity index (χ2n) is 2.55. The summed E-state index contributed by atoms with van der Waals surface area (Å²) in [7, 11) is 0. The van der Waals surface area contributed by atoms with E-state index in [1.54, 1.807) is 19.1 Å². The lowest BCUT2D eigenvalue weighted by molar-refractivity contribution is -0.145. The van der Waals surface area contributed by atoms with Gasteiger partial charge in [0.1, 0.15) is 5.75 Å². The van der Waals surface area contributed by atoms with Crippen molar-refractivity contribution in [2.75, 3.05) is 13.2 Å². The van der Waals surface area contributed by atoms with E-state index >= 15 is 0 Å². The van der Waals surface area contributed by atoms with Crippen molar-refractivity contribution < 1.29 is 14.3 Å². The first-order chi connectivity index (χ1) is 6.72. The zero-order valence-electron chi connectivity index (χ0n) is 7.83. The van der Waals surface area contributed by atoms with Crippen LogP contribution in [-0.2, 0) is 9.53 Å². The van der Waals surface area contributed by atoms with Crippen molar-refractivity contribution >= 4 is 21.9 Å². The molecule has 3 nitrogen and oxygen atoms in total. The largest absolute Gasteiger partial charge is 0.482 e. The summed E-state index contributed by atoms with van der Waals surface area (Å²) >= 11 is 3.30. The Kier molecular flexibility index (Phi) is 4.46. The van der Waals surface area contributed by atoms with Crippen molar-refractivity contribution in [1.82, 2.24) is 0 Å². The highest BCUT2D eigenvalue weighted by molar-refractivity contribution is 9.10. The molecule has 1 aromatic rings. The fourth-order valence-electron chi connectivity index (χ4n) is 0.876. The third kappa shape index (κ3) is 3.79. The van der Waals surface area contributed by atoms with Crippen molar-refractivity contribution in [2.24, 2.45) is 0 Å². The minimum atomic E-state index is -0.351. The van der Waals surface area contributed by atoms with Crippen LogP contribution in [0.15, 0.2) is 28.7 Å². The third-order valence-electron chi connectivity index (χ3n) is 1.48. The van der Waals surface area contributed by atoms with E-state index in [0.717, 1.165) is 4.47 Å². The van der Waals surface area contributed by atoms with Crippen LogP contribution in [0.1, 0.15) is 6.92 Å². The summed E-state index contributed by atoms with van der Waals surface area (Å²) < 4.78 is 10.9. The van der Waals surface area contributed by atoms with Crippen molar-refractivity contribution in [3.8, 4) is 5.75 Å². The summed E-state index contributed by atoms with van der Waals surface area (Å²) in [5, 5.41) is 0. The quantitative estimate of drug-likeness (QED) is 0.779. The molecular formula is C10H11BrO3. The molecule has 0 saturated heterocycles. The number of halogens is 1. The maximum Gasteiger partial charge on any atom is 0.344 e. The van der Waals surface area contributed by atoms with Gasteiger partial charge in [0.05, 0.1) is 6.61 Å². The lowest BCUT2D eigenvalue weighted by atomic mass is 10.3. The molecule has 4 heteroatoms. The molecule has 0 amide bonds. The SMILES string of the molecule is CCOC(=O)COc1ccc(Br)cc1. The number of carbonyl (C=O) groups excluding carboxylic acids is 1. The van der Waals surface area contributed by atoms with Gasteiger partial charge in [-0.2, -0.15) is 0 Å². The summed E-state index contributed by atoms with van der Waals surface area (Å²) in [5.74, 6) is 0.302. The number of esters is 1. The van der Waals surface area contributed by atoms with E-state index in [1.165, 1.54) is 0 Å². The Morgan fingerprint density at radius 3 is 2.57 bits per heavy atom. The van der Waals surface area contributed by atoms with Gasteiger partial charge in [0.2, 0.25) is 0 Å². The van der Waals surface area contributed by atoms with Gasteiger partial charge in [-0.3, -0.25) is 0 Å². The van der Waals surface area contributed by atoms with Crippen LogP contribution in [0.2, 0.25) is 0 Å². The molecule has 0 saturated carbocycles. The maximum absolute atomic E-state index is 10.9. The van der Waals surface area contributed by atoms with Crippen LogP contribution >= 0.6 is 15.9 Å². The fourth-order valence-corrected chi connectivity index (χ4v) is 1.14. The minimum absolute atomic E-state index is 0.0462. The van der Waals surface area contributed by atoms with Gasteiger partial charge in [-0.05, 0) is 31.2 Å². The molecule has 0 heterocycles. The summed E-state index contributed by atoms with van der Waals surface area (Å²) in [6.07, 6.45) is 0. The van der Waals surface area contributed by atoms with Crippen LogP contribution in [0.25, 0.3) is 0 Å². The van der Waals surface area contributed by atoms with Gasteiger partial charge < -0.3 is 9.47 Å². The summed E-state index contributed by atoms with van der Waals surface area (Å²) in [4.78, 5) is 10.9. The predicted octanol–water partition coefficient (Wildman–Crippen LogP) is 2.39. The zero-order valence-corrected chi connectivity index (χ0v) is 9.41. The number of benzene rings is 1. The Morgan fingerprint density at radius 2 is 2.00 bits per heavy atom. The molecule has 0 fully saturated rings. The normalized spacial score (nSPS) is 9.57. The lowest BCUT2D eigenvalue weighted by Gasteiger charge is -2.05.